The number of rotatable bonds is 0. The van der Waals surface area contributed by atoms with E-state index in [2.05, 4.69) is 25.9 Å². The lowest BCUT2D eigenvalue weighted by Crippen LogP contribution is -2.05. The SMILES string of the molecule is FC(F)(F)c1cc(Br)c2nc(Cl)nc(Cl)c2c1. The number of benzene rings is 1. The van der Waals surface area contributed by atoms with Crippen LogP contribution in [0.3, 0.4) is 0 Å². The fraction of sp³-hybridized carbons (Fsp3) is 0.111. The van der Waals surface area contributed by atoms with Crippen LogP contribution < -0.4 is 0 Å². The second kappa shape index (κ2) is 4.26. The molecule has 0 spiro atoms. The van der Waals surface area contributed by atoms with Crippen LogP contribution in [0.5, 0.6) is 0 Å². The van der Waals surface area contributed by atoms with Crippen molar-refractivity contribution in [2.24, 2.45) is 0 Å². The fourth-order valence-corrected chi connectivity index (χ4v) is 2.28. The van der Waals surface area contributed by atoms with Crippen molar-refractivity contribution in [3.05, 3.63) is 32.6 Å². The van der Waals surface area contributed by atoms with Gasteiger partial charge in [-0.05, 0) is 39.7 Å². The van der Waals surface area contributed by atoms with Gasteiger partial charge >= 0.3 is 6.18 Å². The van der Waals surface area contributed by atoms with Crippen LogP contribution in [0.25, 0.3) is 10.9 Å². The van der Waals surface area contributed by atoms with Gasteiger partial charge in [-0.3, -0.25) is 0 Å². The third-order valence-electron chi connectivity index (χ3n) is 2.01. The zero-order valence-electron chi connectivity index (χ0n) is 7.82. The summed E-state index contributed by atoms with van der Waals surface area (Å²) in [5.41, 5.74) is -0.590. The van der Waals surface area contributed by atoms with Crippen molar-refractivity contribution in [1.29, 1.82) is 0 Å². The van der Waals surface area contributed by atoms with Crippen LogP contribution in [0, 0.1) is 0 Å². The molecular weight excluding hydrogens is 344 g/mol. The summed E-state index contributed by atoms with van der Waals surface area (Å²) in [6, 6.07) is 1.81. The van der Waals surface area contributed by atoms with Gasteiger partial charge in [0.15, 0.2) is 0 Å². The Morgan fingerprint density at radius 1 is 1.12 bits per heavy atom. The van der Waals surface area contributed by atoms with Crippen molar-refractivity contribution >= 4 is 50.0 Å². The minimum absolute atomic E-state index is 0.0952. The lowest BCUT2D eigenvalue weighted by atomic mass is 10.1. The van der Waals surface area contributed by atoms with Crippen molar-refractivity contribution in [1.82, 2.24) is 9.97 Å². The predicted octanol–water partition coefficient (Wildman–Crippen LogP) is 4.72. The highest BCUT2D eigenvalue weighted by atomic mass is 79.9. The smallest absolute Gasteiger partial charge is 0.217 e. The van der Waals surface area contributed by atoms with E-state index in [4.69, 9.17) is 23.2 Å². The van der Waals surface area contributed by atoms with E-state index in [0.29, 0.717) is 0 Å². The number of alkyl halides is 3. The maximum Gasteiger partial charge on any atom is 0.416 e. The van der Waals surface area contributed by atoms with Gasteiger partial charge in [-0.2, -0.15) is 13.2 Å². The average Bonchev–Trinajstić information content (AvgIpc) is 2.17. The lowest BCUT2D eigenvalue weighted by molar-refractivity contribution is -0.137. The summed E-state index contributed by atoms with van der Waals surface area (Å²) in [6.07, 6.45) is -4.46. The maximum atomic E-state index is 12.6. The minimum Gasteiger partial charge on any atom is -0.217 e. The molecular formula is C9H2BrCl2F3N2. The Morgan fingerprint density at radius 2 is 1.76 bits per heavy atom. The second-order valence-electron chi connectivity index (χ2n) is 3.14. The first-order chi connectivity index (χ1) is 7.79. The molecule has 2 rings (SSSR count). The summed E-state index contributed by atoms with van der Waals surface area (Å²) in [6.45, 7) is 0. The number of fused-ring (bicyclic) bond motifs is 1. The Balaban J connectivity index is 2.83. The topological polar surface area (TPSA) is 25.8 Å². The molecule has 2 nitrogen and oxygen atoms in total. The maximum absolute atomic E-state index is 12.6. The van der Waals surface area contributed by atoms with Gasteiger partial charge < -0.3 is 0 Å². The average molecular weight is 346 g/mol. The minimum atomic E-state index is -4.46. The second-order valence-corrected chi connectivity index (χ2v) is 4.69. The van der Waals surface area contributed by atoms with E-state index < -0.39 is 11.7 Å². The van der Waals surface area contributed by atoms with Crippen molar-refractivity contribution in [3.8, 4) is 0 Å². The molecule has 1 aromatic carbocycles. The molecule has 2 aromatic rings. The monoisotopic (exact) mass is 344 g/mol. The van der Waals surface area contributed by atoms with Crippen LogP contribution >= 0.6 is 39.1 Å². The van der Waals surface area contributed by atoms with Gasteiger partial charge in [-0.25, -0.2) is 9.97 Å². The summed E-state index contributed by atoms with van der Waals surface area (Å²) in [5.74, 6) is 0. The van der Waals surface area contributed by atoms with E-state index in [0.717, 1.165) is 12.1 Å². The molecule has 1 aromatic heterocycles. The molecule has 0 radical (unpaired) electrons. The molecule has 0 amide bonds. The van der Waals surface area contributed by atoms with E-state index in [1.54, 1.807) is 0 Å². The van der Waals surface area contributed by atoms with Crippen LogP contribution in [-0.2, 0) is 6.18 Å². The molecule has 0 saturated heterocycles. The molecule has 0 fully saturated rings. The number of hydrogen-bond acceptors (Lipinski definition) is 2. The molecule has 90 valence electrons. The normalized spacial score (nSPS) is 12.1. The summed E-state index contributed by atoms with van der Waals surface area (Å²) >= 11 is 14.3. The molecule has 0 atom stereocenters. The van der Waals surface area contributed by atoms with E-state index in [1.165, 1.54) is 0 Å². The third-order valence-corrected chi connectivity index (χ3v) is 3.07. The Morgan fingerprint density at radius 3 is 2.35 bits per heavy atom. The zero-order valence-corrected chi connectivity index (χ0v) is 10.9. The molecule has 0 aliphatic carbocycles. The van der Waals surface area contributed by atoms with Gasteiger partial charge in [-0.15, -0.1) is 0 Å². The van der Waals surface area contributed by atoms with Crippen molar-refractivity contribution < 1.29 is 13.2 Å². The third kappa shape index (κ3) is 2.48. The zero-order chi connectivity index (χ0) is 12.8. The highest BCUT2D eigenvalue weighted by Gasteiger charge is 2.31. The summed E-state index contributed by atoms with van der Waals surface area (Å²) in [7, 11) is 0. The van der Waals surface area contributed by atoms with Gasteiger partial charge in [0.25, 0.3) is 0 Å². The number of hydrogen-bond donors (Lipinski definition) is 0. The molecule has 0 bridgehead atoms. The molecule has 0 saturated carbocycles. The molecule has 0 aliphatic heterocycles. The van der Waals surface area contributed by atoms with Crippen LogP contribution in [0.1, 0.15) is 5.56 Å². The summed E-state index contributed by atoms with van der Waals surface area (Å²) < 4.78 is 37.9. The van der Waals surface area contributed by atoms with Crippen molar-refractivity contribution in [2.75, 3.05) is 0 Å². The Bertz CT molecular complexity index is 601. The molecule has 8 heteroatoms. The van der Waals surface area contributed by atoms with Crippen LogP contribution in [0.4, 0.5) is 13.2 Å². The molecule has 1 heterocycles. The van der Waals surface area contributed by atoms with E-state index in [1.807, 2.05) is 0 Å². The largest absolute Gasteiger partial charge is 0.416 e. The highest BCUT2D eigenvalue weighted by Crippen LogP contribution is 2.36. The van der Waals surface area contributed by atoms with Crippen LogP contribution in [0.15, 0.2) is 16.6 Å². The van der Waals surface area contributed by atoms with Gasteiger partial charge in [0.05, 0.1) is 11.1 Å². The Kier molecular flexibility index (Phi) is 3.22. The standard InChI is InChI=1S/C9H2BrCl2F3N2/c10-5-2-3(9(13,14)15)1-4-6(5)16-8(12)17-7(4)11/h1-2H. The molecule has 0 N–H and O–H groups in total. The van der Waals surface area contributed by atoms with E-state index in [-0.39, 0.29) is 25.8 Å². The van der Waals surface area contributed by atoms with E-state index >= 15 is 0 Å². The Labute approximate surface area is 112 Å². The molecule has 0 unspecified atom stereocenters. The van der Waals surface area contributed by atoms with Gasteiger partial charge in [0.2, 0.25) is 5.28 Å². The highest BCUT2D eigenvalue weighted by molar-refractivity contribution is 9.10. The summed E-state index contributed by atoms with van der Waals surface area (Å²) in [4.78, 5) is 7.41. The van der Waals surface area contributed by atoms with Crippen molar-refractivity contribution in [3.63, 3.8) is 0 Å². The quantitative estimate of drug-likeness (QED) is 0.510. The van der Waals surface area contributed by atoms with Gasteiger partial charge in [-0.1, -0.05) is 11.6 Å². The van der Waals surface area contributed by atoms with Crippen molar-refractivity contribution in [2.45, 2.75) is 6.18 Å². The number of halogens is 6. The van der Waals surface area contributed by atoms with E-state index in [9.17, 15) is 13.2 Å². The fourth-order valence-electron chi connectivity index (χ4n) is 1.29. The Hall–Kier alpha value is -0.590. The van der Waals surface area contributed by atoms with Crippen LogP contribution in [-0.4, -0.2) is 9.97 Å². The first-order valence-electron chi connectivity index (χ1n) is 4.18. The van der Waals surface area contributed by atoms with Gasteiger partial charge in [0, 0.05) is 9.86 Å². The van der Waals surface area contributed by atoms with Gasteiger partial charge in [0.1, 0.15) is 5.15 Å². The summed E-state index contributed by atoms with van der Waals surface area (Å²) in [5, 5.41) is -0.146. The van der Waals surface area contributed by atoms with Crippen LogP contribution in [0.2, 0.25) is 10.4 Å². The molecule has 0 aliphatic rings. The lowest BCUT2D eigenvalue weighted by Gasteiger charge is -2.09. The first-order valence-corrected chi connectivity index (χ1v) is 5.73. The number of nitrogens with zero attached hydrogens (tertiary/aromatic N) is 2. The predicted molar refractivity (Wildman–Crippen MR) is 62.3 cm³/mol. The molecule has 17 heavy (non-hydrogen) atoms. The number of aromatic nitrogens is 2. The first kappa shape index (κ1) is 12.9.